The lowest BCUT2D eigenvalue weighted by Gasteiger charge is -2.36. The second-order valence-electron chi connectivity index (χ2n) is 10.5. The molecular formula is C31H40N5O3P. The molecular weight excluding hydrogens is 521 g/mol. The van der Waals surface area contributed by atoms with Gasteiger partial charge in [-0.3, -0.25) is 4.79 Å². The summed E-state index contributed by atoms with van der Waals surface area (Å²) in [5, 5.41) is 13.5. The molecule has 4 aromatic rings. The van der Waals surface area contributed by atoms with Crippen molar-refractivity contribution >= 4 is 47.3 Å². The molecule has 40 heavy (non-hydrogen) atoms. The fourth-order valence-corrected chi connectivity index (χ4v) is 6.04. The number of nitrogens with one attached hydrogen (secondary N) is 2. The summed E-state index contributed by atoms with van der Waals surface area (Å²) >= 11 is 0. The second kappa shape index (κ2) is 13.2. The van der Waals surface area contributed by atoms with Gasteiger partial charge >= 0.3 is 0 Å². The maximum Gasteiger partial charge on any atom is 0.300 e. The Kier molecular flexibility index (Phi) is 9.67. The lowest BCUT2D eigenvalue weighted by Crippen LogP contribution is -2.41. The zero-order chi connectivity index (χ0) is 28.8. The molecule has 0 spiro atoms. The van der Waals surface area contributed by atoms with E-state index in [1.807, 2.05) is 18.3 Å². The number of H-pyrrole nitrogens is 1. The van der Waals surface area contributed by atoms with Crippen LogP contribution in [0.15, 0.2) is 60.8 Å². The maximum absolute atomic E-state index is 9.00. The molecule has 1 saturated heterocycles. The van der Waals surface area contributed by atoms with Crippen molar-refractivity contribution in [1.82, 2.24) is 14.9 Å². The van der Waals surface area contributed by atoms with Crippen LogP contribution in [0, 0.1) is 0 Å². The molecule has 1 fully saturated rings. The van der Waals surface area contributed by atoms with E-state index in [-0.39, 0.29) is 7.92 Å². The minimum atomic E-state index is -0.833. The molecule has 3 N–H and O–H groups in total. The Labute approximate surface area is 238 Å². The van der Waals surface area contributed by atoms with Crippen molar-refractivity contribution in [3.63, 3.8) is 0 Å². The van der Waals surface area contributed by atoms with Crippen LogP contribution >= 0.6 is 7.92 Å². The van der Waals surface area contributed by atoms with E-state index in [4.69, 9.17) is 14.6 Å². The number of benzene rings is 2. The highest BCUT2D eigenvalue weighted by molar-refractivity contribution is 7.64. The van der Waals surface area contributed by atoms with Gasteiger partial charge in [-0.05, 0) is 87.5 Å². The Morgan fingerprint density at radius 3 is 2.35 bits per heavy atom. The summed E-state index contributed by atoms with van der Waals surface area (Å²) in [6.45, 7) is 7.84. The standard InChI is InChI=1S/C29H36N5OP.C2H4O2/c1-33(2)21-13-16-34(17-14-21)22-8-6-20(7-9-22)26-19-24-25(12-15-30-29(24)32-26)31-27-18-23(35-3)10-11-28(27)36(4)5;1-2(3)4/h6-12,15,18-19,21H,13-14,16-17H2,1-5H3,(H2,30,31,32);1H3,(H,3,4). The van der Waals surface area contributed by atoms with Crippen LogP contribution in [0.25, 0.3) is 22.3 Å². The van der Waals surface area contributed by atoms with Crippen molar-refractivity contribution in [2.75, 3.05) is 57.8 Å². The molecule has 8 nitrogen and oxygen atoms in total. The molecule has 0 aliphatic carbocycles. The molecule has 0 unspecified atom stereocenters. The Balaban J connectivity index is 0.000000867. The molecule has 1 aliphatic heterocycles. The number of methoxy groups -OCH3 is 1. The van der Waals surface area contributed by atoms with Gasteiger partial charge in [-0.1, -0.05) is 20.1 Å². The number of rotatable bonds is 7. The smallest absolute Gasteiger partial charge is 0.300 e. The summed E-state index contributed by atoms with van der Waals surface area (Å²) in [6.07, 6.45) is 4.28. The van der Waals surface area contributed by atoms with E-state index in [2.05, 4.69) is 95.0 Å². The number of aromatic nitrogens is 2. The first kappa shape index (κ1) is 29.4. The number of nitrogens with zero attached hydrogens (tertiary/aromatic N) is 3. The number of fused-ring (bicyclic) bond motifs is 1. The number of carboxylic acids is 1. The zero-order valence-corrected chi connectivity index (χ0v) is 25.1. The number of piperidine rings is 1. The van der Waals surface area contributed by atoms with E-state index in [1.165, 1.54) is 29.4 Å². The van der Waals surface area contributed by atoms with E-state index in [0.29, 0.717) is 6.04 Å². The number of carbonyl (C=O) groups is 1. The summed E-state index contributed by atoms with van der Waals surface area (Å²) < 4.78 is 5.49. The van der Waals surface area contributed by atoms with Gasteiger partial charge < -0.3 is 29.9 Å². The Morgan fingerprint density at radius 1 is 1.07 bits per heavy atom. The second-order valence-corrected chi connectivity index (χ2v) is 12.7. The summed E-state index contributed by atoms with van der Waals surface area (Å²) in [7, 11) is 5.81. The molecule has 2 aromatic heterocycles. The third kappa shape index (κ3) is 7.12. The van der Waals surface area contributed by atoms with Gasteiger partial charge in [0, 0.05) is 60.8 Å². The monoisotopic (exact) mass is 561 g/mol. The van der Waals surface area contributed by atoms with Crippen LogP contribution in [0.2, 0.25) is 0 Å². The predicted molar refractivity (Wildman–Crippen MR) is 168 cm³/mol. The number of carboxylic acid groups (broad SMARTS) is 1. The van der Waals surface area contributed by atoms with Crippen LogP contribution in [-0.2, 0) is 4.79 Å². The van der Waals surface area contributed by atoms with E-state index >= 15 is 0 Å². The van der Waals surface area contributed by atoms with Crippen LogP contribution in [0.4, 0.5) is 17.1 Å². The molecule has 9 heteroatoms. The van der Waals surface area contributed by atoms with Gasteiger partial charge in [-0.2, -0.15) is 0 Å². The molecule has 0 saturated carbocycles. The average molecular weight is 562 g/mol. The number of hydrogen-bond acceptors (Lipinski definition) is 6. The van der Waals surface area contributed by atoms with Crippen LogP contribution in [0.5, 0.6) is 5.75 Å². The van der Waals surface area contributed by atoms with E-state index in [9.17, 15) is 0 Å². The number of aliphatic carboxylic acids is 1. The Bertz CT molecular complexity index is 1420. The Morgan fingerprint density at radius 2 is 1.75 bits per heavy atom. The summed E-state index contributed by atoms with van der Waals surface area (Å²) in [4.78, 5) is 22.0. The maximum atomic E-state index is 9.00. The van der Waals surface area contributed by atoms with Crippen molar-refractivity contribution < 1.29 is 14.6 Å². The van der Waals surface area contributed by atoms with Gasteiger partial charge in [0.05, 0.1) is 12.8 Å². The van der Waals surface area contributed by atoms with Crippen LogP contribution in [0.3, 0.4) is 0 Å². The van der Waals surface area contributed by atoms with Gasteiger partial charge in [0.2, 0.25) is 0 Å². The lowest BCUT2D eigenvalue weighted by molar-refractivity contribution is -0.134. The normalized spacial score (nSPS) is 13.8. The molecule has 212 valence electrons. The summed E-state index contributed by atoms with van der Waals surface area (Å²) in [5.41, 5.74) is 6.54. The molecule has 2 aromatic carbocycles. The molecule has 3 heterocycles. The highest BCUT2D eigenvalue weighted by Crippen LogP contribution is 2.35. The van der Waals surface area contributed by atoms with Crippen molar-refractivity contribution in [3.8, 4) is 17.0 Å². The van der Waals surface area contributed by atoms with Crippen molar-refractivity contribution in [2.45, 2.75) is 25.8 Å². The van der Waals surface area contributed by atoms with E-state index in [1.54, 1.807) is 7.11 Å². The fraction of sp³-hybridized carbons (Fsp3) is 0.355. The van der Waals surface area contributed by atoms with Gasteiger partial charge in [0.1, 0.15) is 11.4 Å². The van der Waals surface area contributed by atoms with E-state index < -0.39 is 5.97 Å². The van der Waals surface area contributed by atoms with Gasteiger partial charge in [-0.15, -0.1) is 0 Å². The quantitative estimate of drug-likeness (QED) is 0.239. The highest BCUT2D eigenvalue weighted by atomic mass is 31.1. The largest absolute Gasteiger partial charge is 0.497 e. The number of anilines is 3. The van der Waals surface area contributed by atoms with Crippen LogP contribution < -0.4 is 20.3 Å². The first-order valence-corrected chi connectivity index (χ1v) is 15.7. The van der Waals surface area contributed by atoms with Gasteiger partial charge in [0.15, 0.2) is 0 Å². The first-order valence-electron chi connectivity index (χ1n) is 13.5. The topological polar surface area (TPSA) is 93.7 Å². The third-order valence-corrected chi connectivity index (χ3v) is 8.58. The number of hydrogen-bond donors (Lipinski definition) is 3. The molecule has 0 radical (unpaired) electrons. The third-order valence-electron chi connectivity index (χ3n) is 7.22. The zero-order valence-electron chi connectivity index (χ0n) is 24.2. The summed E-state index contributed by atoms with van der Waals surface area (Å²) in [5.74, 6) is 0.0178. The predicted octanol–water partition coefficient (Wildman–Crippen LogP) is 5.97. The minimum Gasteiger partial charge on any atom is -0.497 e. The van der Waals surface area contributed by atoms with E-state index in [0.717, 1.165) is 53.9 Å². The molecule has 0 amide bonds. The first-order chi connectivity index (χ1) is 19.2. The highest BCUT2D eigenvalue weighted by Gasteiger charge is 2.21. The van der Waals surface area contributed by atoms with Crippen LogP contribution in [0.1, 0.15) is 19.8 Å². The fourth-order valence-electron chi connectivity index (χ4n) is 5.06. The number of aromatic amines is 1. The molecule has 1 aliphatic rings. The van der Waals surface area contributed by atoms with Crippen molar-refractivity contribution in [3.05, 3.63) is 60.8 Å². The SMILES string of the molecule is CC(=O)O.COc1ccc(P(C)C)c(Nc2ccnc3[nH]c(-c4ccc(N5CCC(N(C)C)CC5)cc4)cc23)c1. The van der Waals surface area contributed by atoms with Crippen LogP contribution in [-0.4, -0.2) is 79.6 Å². The van der Waals surface area contributed by atoms with Crippen molar-refractivity contribution in [2.24, 2.45) is 0 Å². The van der Waals surface area contributed by atoms with Gasteiger partial charge in [-0.25, -0.2) is 4.98 Å². The molecule has 0 atom stereocenters. The number of pyridine rings is 1. The summed E-state index contributed by atoms with van der Waals surface area (Å²) in [6, 6.07) is 20.1. The average Bonchev–Trinajstić information content (AvgIpc) is 3.38. The Hall–Kier alpha value is -3.61. The van der Waals surface area contributed by atoms with Gasteiger partial charge in [0.25, 0.3) is 5.97 Å². The number of ether oxygens (including phenoxy) is 1. The lowest BCUT2D eigenvalue weighted by atomic mass is 10.0. The molecule has 0 bridgehead atoms. The van der Waals surface area contributed by atoms with Crippen molar-refractivity contribution in [1.29, 1.82) is 0 Å². The molecule has 5 rings (SSSR count). The minimum absolute atomic E-state index is 0.267.